The van der Waals surface area contributed by atoms with Crippen LogP contribution in [0.25, 0.3) is 0 Å². The molecule has 110 valence electrons. The minimum absolute atomic E-state index is 0.885. The van der Waals surface area contributed by atoms with Gasteiger partial charge in [-0.15, -0.1) is 0 Å². The van der Waals surface area contributed by atoms with Gasteiger partial charge in [0, 0.05) is 4.90 Å². The Morgan fingerprint density at radius 3 is 1.50 bits per heavy atom. The molecule has 0 N–H and O–H groups in total. The molecule has 0 fully saturated rings. The van der Waals surface area contributed by atoms with Gasteiger partial charge in [-0.25, -0.2) is 0 Å². The third-order valence-corrected chi connectivity index (χ3v) is 3.02. The summed E-state index contributed by atoms with van der Waals surface area (Å²) >= 11 is 1.39. The maximum Gasteiger partial charge on any atom is 0.137 e. The second-order valence-corrected chi connectivity index (χ2v) is 4.60. The number of hydrogen-bond donors (Lipinski definition) is 0. The molecule has 1 nitrogen and oxygen atoms in total. The van der Waals surface area contributed by atoms with E-state index in [-0.39, 0.29) is 0 Å². The predicted octanol–water partition coefficient (Wildman–Crippen LogP) is 6.44. The molecule has 2 rings (SSSR count). The summed E-state index contributed by atoms with van der Waals surface area (Å²) in [6, 6.07) is 16.4. The Labute approximate surface area is 128 Å². The van der Waals surface area contributed by atoms with E-state index in [4.69, 9.17) is 4.18 Å². The smallest absolute Gasteiger partial charge is 0.137 e. The normalized spacial score (nSPS) is 8.70. The maximum atomic E-state index is 5.60. The van der Waals surface area contributed by atoms with Crippen LogP contribution in [0.2, 0.25) is 0 Å². The Morgan fingerprint density at radius 2 is 1.05 bits per heavy atom. The lowest BCUT2D eigenvalue weighted by molar-refractivity contribution is 0.646. The highest BCUT2D eigenvalue weighted by atomic mass is 32.2. The van der Waals surface area contributed by atoms with Gasteiger partial charge in [0.05, 0.1) is 12.0 Å². The van der Waals surface area contributed by atoms with Gasteiger partial charge in [-0.05, 0) is 38.1 Å². The molecule has 20 heavy (non-hydrogen) atoms. The maximum absolute atomic E-state index is 5.60. The van der Waals surface area contributed by atoms with Crippen molar-refractivity contribution < 1.29 is 4.18 Å². The van der Waals surface area contributed by atoms with Crippen molar-refractivity contribution in [3.05, 3.63) is 59.7 Å². The van der Waals surface area contributed by atoms with Gasteiger partial charge in [0.1, 0.15) is 5.75 Å². The second kappa shape index (κ2) is 11.4. The van der Waals surface area contributed by atoms with Crippen molar-refractivity contribution >= 4 is 12.0 Å². The lowest BCUT2D eigenvalue weighted by atomic mass is 10.2. The molecule has 0 atom stereocenters. The number of aryl methyl sites for hydroxylation is 2. The minimum atomic E-state index is 0.885. The van der Waals surface area contributed by atoms with Crippen LogP contribution in [0, 0.1) is 13.8 Å². The van der Waals surface area contributed by atoms with Crippen LogP contribution in [0.4, 0.5) is 0 Å². The lowest BCUT2D eigenvalue weighted by Gasteiger charge is -2.04. The largest absolute Gasteiger partial charge is 0.421 e. The van der Waals surface area contributed by atoms with Gasteiger partial charge < -0.3 is 4.18 Å². The lowest BCUT2D eigenvalue weighted by Crippen LogP contribution is -1.82. The van der Waals surface area contributed by atoms with Gasteiger partial charge in [0.25, 0.3) is 0 Å². The number of benzene rings is 2. The summed E-state index contributed by atoms with van der Waals surface area (Å²) in [5.41, 5.74) is 2.51. The first-order chi connectivity index (χ1) is 9.74. The molecule has 0 aliphatic heterocycles. The van der Waals surface area contributed by atoms with Gasteiger partial charge in [-0.2, -0.15) is 0 Å². The average molecular weight is 290 g/mol. The van der Waals surface area contributed by atoms with Crippen LogP contribution < -0.4 is 4.18 Å². The van der Waals surface area contributed by atoms with Gasteiger partial charge in [0.15, 0.2) is 0 Å². The summed E-state index contributed by atoms with van der Waals surface area (Å²) in [6.07, 6.45) is 0. The molecule has 2 heteroatoms. The van der Waals surface area contributed by atoms with Crippen LogP contribution in [-0.2, 0) is 0 Å². The van der Waals surface area contributed by atoms with Crippen molar-refractivity contribution in [3.63, 3.8) is 0 Å². The van der Waals surface area contributed by atoms with E-state index >= 15 is 0 Å². The molecule has 0 aliphatic carbocycles. The fourth-order valence-electron chi connectivity index (χ4n) is 1.28. The highest BCUT2D eigenvalue weighted by Gasteiger charge is 1.97. The fraction of sp³-hybridized carbons (Fsp3) is 0.333. The molecule has 0 bridgehead atoms. The SMILES string of the molecule is CC.CC.Cc1ccc(OSc2ccc(C)cc2)cc1. The zero-order valence-electron chi connectivity index (χ0n) is 13.4. The molecule has 0 aliphatic rings. The van der Waals surface area contributed by atoms with E-state index in [1.165, 1.54) is 23.2 Å². The third kappa shape index (κ3) is 7.25. The molecule has 0 amide bonds. The van der Waals surface area contributed by atoms with Crippen LogP contribution >= 0.6 is 12.0 Å². The van der Waals surface area contributed by atoms with Gasteiger partial charge in [-0.1, -0.05) is 63.1 Å². The molecule has 0 radical (unpaired) electrons. The molecule has 2 aromatic rings. The predicted molar refractivity (Wildman–Crippen MR) is 91.5 cm³/mol. The fourth-order valence-corrected chi connectivity index (χ4v) is 1.83. The Balaban J connectivity index is 0.000000829. The Hall–Kier alpha value is -1.41. The minimum Gasteiger partial charge on any atom is -0.421 e. The van der Waals surface area contributed by atoms with Crippen molar-refractivity contribution in [3.8, 4) is 5.75 Å². The summed E-state index contributed by atoms with van der Waals surface area (Å²) in [4.78, 5) is 1.12. The van der Waals surface area contributed by atoms with Gasteiger partial charge in [-0.3, -0.25) is 0 Å². The average Bonchev–Trinajstić information content (AvgIpc) is 2.52. The van der Waals surface area contributed by atoms with Crippen molar-refractivity contribution in [1.82, 2.24) is 0 Å². The van der Waals surface area contributed by atoms with Gasteiger partial charge >= 0.3 is 0 Å². The zero-order valence-corrected chi connectivity index (χ0v) is 14.3. The molecule has 0 spiro atoms. The Bertz CT molecular complexity index is 400. The topological polar surface area (TPSA) is 9.23 Å². The summed E-state index contributed by atoms with van der Waals surface area (Å²) in [7, 11) is 0. The molecule has 0 saturated carbocycles. The number of hydrogen-bond acceptors (Lipinski definition) is 2. The zero-order chi connectivity index (χ0) is 15.4. The van der Waals surface area contributed by atoms with Crippen LogP contribution in [0.3, 0.4) is 0 Å². The first kappa shape index (κ1) is 18.6. The van der Waals surface area contributed by atoms with Crippen LogP contribution in [0.15, 0.2) is 53.4 Å². The molecule has 0 aromatic heterocycles. The van der Waals surface area contributed by atoms with Crippen molar-refractivity contribution in [2.24, 2.45) is 0 Å². The van der Waals surface area contributed by atoms with Crippen LogP contribution in [-0.4, -0.2) is 0 Å². The van der Waals surface area contributed by atoms with E-state index in [0.717, 1.165) is 10.6 Å². The Kier molecular flexibility index (Phi) is 10.6. The molecule has 0 heterocycles. The molecule has 2 aromatic carbocycles. The summed E-state index contributed by atoms with van der Waals surface area (Å²) < 4.78 is 5.60. The molecular formula is C18H26OS. The molecule has 0 unspecified atom stereocenters. The van der Waals surface area contributed by atoms with E-state index in [1.54, 1.807) is 0 Å². The van der Waals surface area contributed by atoms with E-state index in [1.807, 2.05) is 52.0 Å². The third-order valence-electron chi connectivity index (χ3n) is 2.28. The highest BCUT2D eigenvalue weighted by Crippen LogP contribution is 2.23. The monoisotopic (exact) mass is 290 g/mol. The van der Waals surface area contributed by atoms with Crippen molar-refractivity contribution in [2.75, 3.05) is 0 Å². The second-order valence-electron chi connectivity index (χ2n) is 3.79. The molecular weight excluding hydrogens is 264 g/mol. The first-order valence-electron chi connectivity index (χ1n) is 7.22. The van der Waals surface area contributed by atoms with Gasteiger partial charge in [0.2, 0.25) is 0 Å². The van der Waals surface area contributed by atoms with E-state index in [0.29, 0.717) is 0 Å². The highest BCUT2D eigenvalue weighted by molar-refractivity contribution is 7.95. The van der Waals surface area contributed by atoms with Crippen molar-refractivity contribution in [2.45, 2.75) is 46.4 Å². The summed E-state index contributed by atoms with van der Waals surface area (Å²) in [5, 5.41) is 0. The first-order valence-corrected chi connectivity index (χ1v) is 7.96. The Morgan fingerprint density at radius 1 is 0.650 bits per heavy atom. The van der Waals surface area contributed by atoms with Crippen LogP contribution in [0.5, 0.6) is 5.75 Å². The summed E-state index contributed by atoms with van der Waals surface area (Å²) in [5.74, 6) is 0.885. The van der Waals surface area contributed by atoms with Crippen LogP contribution in [0.1, 0.15) is 38.8 Å². The molecule has 0 saturated heterocycles. The summed E-state index contributed by atoms with van der Waals surface area (Å²) in [6.45, 7) is 12.1. The standard InChI is InChI=1S/C14H14OS.2C2H6/c1-11-3-7-13(8-4-11)15-16-14-9-5-12(2)6-10-14;2*1-2/h3-10H,1-2H3;2*1-2H3. The number of rotatable bonds is 3. The van der Waals surface area contributed by atoms with E-state index in [2.05, 4.69) is 38.1 Å². The van der Waals surface area contributed by atoms with E-state index in [9.17, 15) is 0 Å². The van der Waals surface area contributed by atoms with E-state index < -0.39 is 0 Å². The quantitative estimate of drug-likeness (QED) is 0.601. The van der Waals surface area contributed by atoms with Crippen molar-refractivity contribution in [1.29, 1.82) is 0 Å².